The van der Waals surface area contributed by atoms with Crippen molar-refractivity contribution >= 4 is 23.3 Å². The van der Waals surface area contributed by atoms with Crippen LogP contribution in [0.25, 0.3) is 0 Å². The summed E-state index contributed by atoms with van der Waals surface area (Å²) in [5.41, 5.74) is -0.0328. The summed E-state index contributed by atoms with van der Waals surface area (Å²) < 4.78 is 5.00. The van der Waals surface area contributed by atoms with Crippen LogP contribution >= 0.6 is 0 Å². The molecule has 0 bridgehead atoms. The van der Waals surface area contributed by atoms with Crippen LogP contribution in [-0.2, 0) is 4.74 Å². The quantitative estimate of drug-likeness (QED) is 0.346. The fourth-order valence-corrected chi connectivity index (χ4v) is 5.60. The number of azo groups is 1. The van der Waals surface area contributed by atoms with Crippen molar-refractivity contribution in [2.75, 3.05) is 6.61 Å². The lowest BCUT2D eigenvalue weighted by Crippen LogP contribution is -2.48. The average molecular weight is 509 g/mol. The molecule has 9 nitrogen and oxygen atoms in total. The number of hydrogen-bond acceptors (Lipinski definition) is 7. The van der Waals surface area contributed by atoms with Gasteiger partial charge in [0.1, 0.15) is 5.56 Å². The Balaban J connectivity index is 1.69. The number of aromatic hydroxyl groups is 1. The van der Waals surface area contributed by atoms with Crippen LogP contribution < -0.4 is 5.56 Å². The number of carbonyl (C=O) groups excluding carboxylic acids is 2. The molecule has 4 rings (SSSR count). The molecular weight excluding hydrogens is 472 g/mol. The lowest BCUT2D eigenvalue weighted by molar-refractivity contribution is 0.0448. The van der Waals surface area contributed by atoms with Crippen LogP contribution in [0.5, 0.6) is 5.88 Å². The molecule has 0 spiro atoms. The molecule has 0 unspecified atom stereocenters. The van der Waals surface area contributed by atoms with Gasteiger partial charge in [-0.3, -0.25) is 14.6 Å². The Labute approximate surface area is 216 Å². The van der Waals surface area contributed by atoms with Gasteiger partial charge in [-0.15, -0.1) is 10.2 Å². The minimum absolute atomic E-state index is 0.0445. The van der Waals surface area contributed by atoms with E-state index in [9.17, 15) is 19.5 Å². The van der Waals surface area contributed by atoms with Gasteiger partial charge in [-0.1, -0.05) is 50.7 Å². The van der Waals surface area contributed by atoms with Crippen molar-refractivity contribution in [1.82, 2.24) is 9.88 Å². The van der Waals surface area contributed by atoms with E-state index >= 15 is 0 Å². The first-order chi connectivity index (χ1) is 17.9. The molecular formula is C28H36N4O5. The minimum Gasteiger partial charge on any atom is -0.494 e. The number of carbonyl (C=O) groups is 2. The predicted octanol–water partition coefficient (Wildman–Crippen LogP) is 6.09. The predicted molar refractivity (Wildman–Crippen MR) is 140 cm³/mol. The number of H-pyrrole nitrogens is 1. The molecule has 0 radical (unpaired) electrons. The Morgan fingerprint density at radius 1 is 1.00 bits per heavy atom. The SMILES string of the molecule is CCOC(=O)c1c(O)[nH]c(=O)c(N=Nc2ccccc2C(=O)N(C2CCCCC2)C2CCCCC2)c1C. The summed E-state index contributed by atoms with van der Waals surface area (Å²) in [6, 6.07) is 7.49. The van der Waals surface area contributed by atoms with E-state index in [2.05, 4.69) is 20.1 Å². The normalized spacial score (nSPS) is 17.1. The third-order valence-corrected chi connectivity index (χ3v) is 7.46. The molecule has 0 atom stereocenters. The third-order valence-electron chi connectivity index (χ3n) is 7.46. The summed E-state index contributed by atoms with van der Waals surface area (Å²) in [5, 5.41) is 18.6. The van der Waals surface area contributed by atoms with E-state index < -0.39 is 17.4 Å². The van der Waals surface area contributed by atoms with Gasteiger partial charge in [0.2, 0.25) is 5.88 Å². The van der Waals surface area contributed by atoms with E-state index in [0.717, 1.165) is 51.4 Å². The summed E-state index contributed by atoms with van der Waals surface area (Å²) in [5.74, 6) is -1.39. The highest BCUT2D eigenvalue weighted by Gasteiger charge is 2.34. The zero-order chi connectivity index (χ0) is 26.4. The van der Waals surface area contributed by atoms with Crippen LogP contribution in [-0.4, -0.2) is 45.6 Å². The minimum atomic E-state index is -0.767. The number of pyridine rings is 1. The number of aromatic nitrogens is 1. The molecule has 198 valence electrons. The van der Waals surface area contributed by atoms with Gasteiger partial charge in [0.05, 0.1) is 17.9 Å². The number of ether oxygens (including phenoxy) is 1. The summed E-state index contributed by atoms with van der Waals surface area (Å²) in [7, 11) is 0. The molecule has 2 N–H and O–H groups in total. The summed E-state index contributed by atoms with van der Waals surface area (Å²) >= 11 is 0. The molecule has 2 aromatic rings. The van der Waals surface area contributed by atoms with Crippen LogP contribution in [0, 0.1) is 6.92 Å². The second-order valence-corrected chi connectivity index (χ2v) is 9.89. The van der Waals surface area contributed by atoms with Crippen LogP contribution in [0.4, 0.5) is 11.4 Å². The molecule has 2 aliphatic rings. The maximum atomic E-state index is 14.0. The Bertz CT molecular complexity index is 1190. The zero-order valence-electron chi connectivity index (χ0n) is 21.7. The summed E-state index contributed by atoms with van der Waals surface area (Å²) in [4.78, 5) is 43.3. The number of rotatable bonds is 7. The standard InChI is InChI=1S/C28H36N4O5/c1-3-37-28(36)23-18(2)24(26(34)29-25(23)33)31-30-22-17-11-10-16-21(22)27(35)32(19-12-6-4-7-13-19)20-14-8-5-9-15-20/h10-11,16-17,19-20H,3-9,12-15H2,1-2H3,(H2,29,33,34). The number of aromatic amines is 1. The van der Waals surface area contributed by atoms with Crippen LogP contribution in [0.15, 0.2) is 39.3 Å². The molecule has 9 heteroatoms. The topological polar surface area (TPSA) is 124 Å². The second-order valence-electron chi connectivity index (χ2n) is 9.89. The van der Waals surface area contributed by atoms with Crippen molar-refractivity contribution in [1.29, 1.82) is 0 Å². The van der Waals surface area contributed by atoms with E-state index in [0.29, 0.717) is 11.3 Å². The van der Waals surface area contributed by atoms with Crippen LogP contribution in [0.1, 0.15) is 97.4 Å². The van der Waals surface area contributed by atoms with Crippen molar-refractivity contribution in [3.05, 3.63) is 51.3 Å². The molecule has 0 saturated heterocycles. The lowest BCUT2D eigenvalue weighted by atomic mass is 9.88. The Kier molecular flexibility index (Phi) is 8.74. The maximum absolute atomic E-state index is 14.0. The number of nitrogens with one attached hydrogen (secondary N) is 1. The molecule has 2 fully saturated rings. The van der Waals surface area contributed by atoms with E-state index in [1.807, 2.05) is 6.07 Å². The van der Waals surface area contributed by atoms with Crippen molar-refractivity contribution < 1.29 is 19.4 Å². The smallest absolute Gasteiger partial charge is 0.343 e. The third kappa shape index (κ3) is 5.92. The highest BCUT2D eigenvalue weighted by atomic mass is 16.5. The van der Waals surface area contributed by atoms with Gasteiger partial charge in [0, 0.05) is 17.6 Å². The van der Waals surface area contributed by atoms with Crippen LogP contribution in [0.3, 0.4) is 0 Å². The van der Waals surface area contributed by atoms with Gasteiger partial charge >= 0.3 is 5.97 Å². The molecule has 1 heterocycles. The molecule has 0 aliphatic heterocycles. The molecule has 1 aromatic carbocycles. The number of benzene rings is 1. The molecule has 2 saturated carbocycles. The molecule has 2 aliphatic carbocycles. The van der Waals surface area contributed by atoms with Crippen LogP contribution in [0.2, 0.25) is 0 Å². The lowest BCUT2D eigenvalue weighted by Gasteiger charge is -2.42. The highest BCUT2D eigenvalue weighted by molar-refractivity contribution is 5.99. The fraction of sp³-hybridized carbons (Fsp3) is 0.536. The Morgan fingerprint density at radius 2 is 1.59 bits per heavy atom. The molecule has 37 heavy (non-hydrogen) atoms. The van der Waals surface area contributed by atoms with Gasteiger partial charge in [0.25, 0.3) is 11.5 Å². The zero-order valence-corrected chi connectivity index (χ0v) is 21.7. The van der Waals surface area contributed by atoms with E-state index in [1.54, 1.807) is 25.1 Å². The first kappa shape index (κ1) is 26.6. The van der Waals surface area contributed by atoms with Gasteiger partial charge < -0.3 is 14.7 Å². The summed E-state index contributed by atoms with van der Waals surface area (Å²) in [6.45, 7) is 3.26. The van der Waals surface area contributed by atoms with Gasteiger partial charge in [-0.25, -0.2) is 4.79 Å². The average Bonchev–Trinajstić information content (AvgIpc) is 2.90. The van der Waals surface area contributed by atoms with Crippen molar-refractivity contribution in [3.8, 4) is 5.88 Å². The second kappa shape index (κ2) is 12.2. The summed E-state index contributed by atoms with van der Waals surface area (Å²) in [6.07, 6.45) is 11.0. The van der Waals surface area contributed by atoms with Gasteiger partial charge in [-0.05, 0) is 51.7 Å². The maximum Gasteiger partial charge on any atom is 0.343 e. The number of esters is 1. The van der Waals surface area contributed by atoms with Crippen molar-refractivity contribution in [3.63, 3.8) is 0 Å². The van der Waals surface area contributed by atoms with Gasteiger partial charge in [0.15, 0.2) is 5.69 Å². The molecule has 1 amide bonds. The Morgan fingerprint density at radius 3 is 2.19 bits per heavy atom. The number of hydrogen-bond donors (Lipinski definition) is 2. The first-order valence-electron chi connectivity index (χ1n) is 13.4. The van der Waals surface area contributed by atoms with E-state index in [-0.39, 0.29) is 41.4 Å². The van der Waals surface area contributed by atoms with Crippen molar-refractivity contribution in [2.45, 2.75) is 90.1 Å². The fourth-order valence-electron chi connectivity index (χ4n) is 5.60. The molecule has 1 aromatic heterocycles. The Hall–Kier alpha value is -3.49. The van der Waals surface area contributed by atoms with E-state index in [4.69, 9.17) is 4.74 Å². The van der Waals surface area contributed by atoms with Crippen molar-refractivity contribution in [2.24, 2.45) is 10.2 Å². The highest BCUT2D eigenvalue weighted by Crippen LogP contribution is 2.34. The number of amides is 1. The number of nitrogens with zero attached hydrogens (tertiary/aromatic N) is 3. The monoisotopic (exact) mass is 508 g/mol. The largest absolute Gasteiger partial charge is 0.494 e. The van der Waals surface area contributed by atoms with Gasteiger partial charge in [-0.2, -0.15) is 0 Å². The first-order valence-corrected chi connectivity index (χ1v) is 13.4. The van der Waals surface area contributed by atoms with E-state index in [1.165, 1.54) is 19.8 Å².